The highest BCUT2D eigenvalue weighted by Gasteiger charge is 2.23. The molecule has 6 nitrogen and oxygen atoms in total. The van der Waals surface area contributed by atoms with Gasteiger partial charge in [0.25, 0.3) is 11.8 Å². The molecule has 1 fully saturated rings. The number of nitrogens with one attached hydrogen (secondary N) is 1. The largest absolute Gasteiger partial charge is 0.497 e. The fourth-order valence-electron chi connectivity index (χ4n) is 3.15. The molecule has 0 radical (unpaired) electrons. The predicted octanol–water partition coefficient (Wildman–Crippen LogP) is 2.02. The van der Waals surface area contributed by atoms with Gasteiger partial charge in [-0.2, -0.15) is 0 Å². The van der Waals surface area contributed by atoms with Crippen LogP contribution in [0.25, 0.3) is 0 Å². The summed E-state index contributed by atoms with van der Waals surface area (Å²) >= 11 is 0. The van der Waals surface area contributed by atoms with E-state index in [0.717, 1.165) is 0 Å². The van der Waals surface area contributed by atoms with E-state index >= 15 is 0 Å². The highest BCUT2D eigenvalue weighted by Crippen LogP contribution is 2.13. The van der Waals surface area contributed by atoms with E-state index in [2.05, 4.69) is 10.2 Å². The van der Waals surface area contributed by atoms with E-state index in [1.165, 1.54) is 12.1 Å². The van der Waals surface area contributed by atoms with Crippen molar-refractivity contribution in [2.45, 2.75) is 0 Å². The SMILES string of the molecule is COc1ccc(C(=O)NCCN2CCN(C(=O)c3ccccc3F)CC2)cc1. The molecule has 28 heavy (non-hydrogen) atoms. The number of hydrogen-bond acceptors (Lipinski definition) is 4. The van der Waals surface area contributed by atoms with Gasteiger partial charge in [0.1, 0.15) is 11.6 Å². The molecule has 0 spiro atoms. The molecular weight excluding hydrogens is 361 g/mol. The van der Waals surface area contributed by atoms with Gasteiger partial charge in [-0.1, -0.05) is 12.1 Å². The third-order valence-corrected chi connectivity index (χ3v) is 4.83. The Morgan fingerprint density at radius 2 is 1.71 bits per heavy atom. The Labute approximate surface area is 163 Å². The van der Waals surface area contributed by atoms with Crippen LogP contribution in [0.5, 0.6) is 5.75 Å². The van der Waals surface area contributed by atoms with Crippen molar-refractivity contribution in [2.24, 2.45) is 0 Å². The molecule has 0 bridgehead atoms. The number of methoxy groups -OCH3 is 1. The Hall–Kier alpha value is -2.93. The second kappa shape index (κ2) is 9.32. The maximum Gasteiger partial charge on any atom is 0.256 e. The molecule has 1 saturated heterocycles. The van der Waals surface area contributed by atoms with Crippen LogP contribution in [0.4, 0.5) is 4.39 Å². The zero-order valence-electron chi connectivity index (χ0n) is 15.9. The number of halogens is 1. The Morgan fingerprint density at radius 3 is 2.36 bits per heavy atom. The van der Waals surface area contributed by atoms with Crippen LogP contribution >= 0.6 is 0 Å². The number of hydrogen-bond donors (Lipinski definition) is 1. The molecule has 0 aromatic heterocycles. The van der Waals surface area contributed by atoms with Crippen molar-refractivity contribution in [1.29, 1.82) is 0 Å². The van der Waals surface area contributed by atoms with Gasteiger partial charge in [-0.3, -0.25) is 14.5 Å². The van der Waals surface area contributed by atoms with Gasteiger partial charge in [0.2, 0.25) is 0 Å². The van der Waals surface area contributed by atoms with Crippen LogP contribution in [0, 0.1) is 5.82 Å². The van der Waals surface area contributed by atoms with E-state index in [1.807, 2.05) is 0 Å². The molecule has 1 N–H and O–H groups in total. The van der Waals surface area contributed by atoms with E-state index in [-0.39, 0.29) is 17.4 Å². The van der Waals surface area contributed by atoms with E-state index in [9.17, 15) is 14.0 Å². The zero-order chi connectivity index (χ0) is 19.9. The molecule has 0 unspecified atom stereocenters. The minimum atomic E-state index is -0.490. The molecule has 1 aliphatic heterocycles. The molecule has 0 saturated carbocycles. The van der Waals surface area contributed by atoms with Crippen molar-refractivity contribution in [3.05, 3.63) is 65.5 Å². The van der Waals surface area contributed by atoms with Crippen molar-refractivity contribution in [2.75, 3.05) is 46.4 Å². The Morgan fingerprint density at radius 1 is 1.04 bits per heavy atom. The summed E-state index contributed by atoms with van der Waals surface area (Å²) in [4.78, 5) is 28.4. The van der Waals surface area contributed by atoms with E-state index in [4.69, 9.17) is 4.74 Å². The first-order valence-corrected chi connectivity index (χ1v) is 9.27. The fourth-order valence-corrected chi connectivity index (χ4v) is 3.15. The third kappa shape index (κ3) is 4.86. The summed E-state index contributed by atoms with van der Waals surface area (Å²) in [5.41, 5.74) is 0.698. The van der Waals surface area contributed by atoms with Gasteiger partial charge in [0, 0.05) is 44.8 Å². The Balaban J connectivity index is 1.41. The van der Waals surface area contributed by atoms with Gasteiger partial charge in [0.05, 0.1) is 12.7 Å². The summed E-state index contributed by atoms with van der Waals surface area (Å²) in [5, 5.41) is 2.90. The van der Waals surface area contributed by atoms with Gasteiger partial charge >= 0.3 is 0 Å². The normalized spacial score (nSPS) is 14.6. The van der Waals surface area contributed by atoms with Crippen LogP contribution in [0.3, 0.4) is 0 Å². The standard InChI is InChI=1S/C21H24FN3O3/c1-28-17-8-6-16(7-9-17)20(26)23-10-11-24-12-14-25(15-13-24)21(27)18-4-2-3-5-19(18)22/h2-9H,10-15H2,1H3,(H,23,26). The van der Waals surface area contributed by atoms with Gasteiger partial charge in [-0.25, -0.2) is 4.39 Å². The number of benzene rings is 2. The smallest absolute Gasteiger partial charge is 0.256 e. The van der Waals surface area contributed by atoms with Gasteiger partial charge in [-0.05, 0) is 36.4 Å². The number of carbonyl (C=O) groups is 2. The summed E-state index contributed by atoms with van der Waals surface area (Å²) < 4.78 is 18.9. The predicted molar refractivity (Wildman–Crippen MR) is 104 cm³/mol. The molecule has 2 aromatic carbocycles. The van der Waals surface area contributed by atoms with E-state index in [1.54, 1.807) is 48.4 Å². The maximum absolute atomic E-state index is 13.8. The van der Waals surface area contributed by atoms with Crippen molar-refractivity contribution in [3.63, 3.8) is 0 Å². The number of amides is 2. The summed E-state index contributed by atoms with van der Waals surface area (Å²) in [5.74, 6) is -0.183. The number of rotatable bonds is 6. The van der Waals surface area contributed by atoms with Gasteiger partial charge in [0.15, 0.2) is 0 Å². The lowest BCUT2D eigenvalue weighted by Crippen LogP contribution is -2.50. The molecule has 0 aliphatic carbocycles. The summed E-state index contributed by atoms with van der Waals surface area (Å²) in [6.07, 6.45) is 0. The molecule has 3 rings (SSSR count). The van der Waals surface area contributed by atoms with Crippen molar-refractivity contribution in [1.82, 2.24) is 15.1 Å². The minimum Gasteiger partial charge on any atom is -0.497 e. The lowest BCUT2D eigenvalue weighted by atomic mass is 10.1. The molecular formula is C21H24FN3O3. The van der Waals surface area contributed by atoms with Crippen LogP contribution in [0.1, 0.15) is 20.7 Å². The first kappa shape index (κ1) is 19.8. The molecule has 1 aliphatic rings. The quantitative estimate of drug-likeness (QED) is 0.827. The lowest BCUT2D eigenvalue weighted by Gasteiger charge is -2.34. The molecule has 7 heteroatoms. The van der Waals surface area contributed by atoms with Gasteiger partial charge in [-0.15, -0.1) is 0 Å². The maximum atomic E-state index is 13.8. The molecule has 2 aromatic rings. The van der Waals surface area contributed by atoms with Crippen LogP contribution in [0.2, 0.25) is 0 Å². The number of ether oxygens (including phenoxy) is 1. The number of piperazine rings is 1. The first-order chi connectivity index (χ1) is 13.6. The highest BCUT2D eigenvalue weighted by atomic mass is 19.1. The van der Waals surface area contributed by atoms with E-state index in [0.29, 0.717) is 50.6 Å². The van der Waals surface area contributed by atoms with Crippen molar-refractivity contribution < 1.29 is 18.7 Å². The van der Waals surface area contributed by atoms with Gasteiger partial charge < -0.3 is 15.0 Å². The lowest BCUT2D eigenvalue weighted by molar-refractivity contribution is 0.0633. The van der Waals surface area contributed by atoms with Crippen LogP contribution in [-0.2, 0) is 0 Å². The monoisotopic (exact) mass is 385 g/mol. The first-order valence-electron chi connectivity index (χ1n) is 9.27. The average molecular weight is 385 g/mol. The van der Waals surface area contributed by atoms with Crippen LogP contribution in [-0.4, -0.2) is 68.0 Å². The molecule has 0 atom stereocenters. The summed E-state index contributed by atoms with van der Waals surface area (Å²) in [6.45, 7) is 3.69. The average Bonchev–Trinajstić information content (AvgIpc) is 2.74. The molecule has 1 heterocycles. The summed E-state index contributed by atoms with van der Waals surface area (Å²) in [6, 6.07) is 13.0. The van der Waals surface area contributed by atoms with Crippen LogP contribution < -0.4 is 10.1 Å². The van der Waals surface area contributed by atoms with Crippen molar-refractivity contribution in [3.8, 4) is 5.75 Å². The second-order valence-electron chi connectivity index (χ2n) is 6.60. The molecule has 2 amide bonds. The van der Waals surface area contributed by atoms with Crippen LogP contribution in [0.15, 0.2) is 48.5 Å². The van der Waals surface area contributed by atoms with Crippen molar-refractivity contribution >= 4 is 11.8 Å². The van der Waals surface area contributed by atoms with E-state index < -0.39 is 5.82 Å². The highest BCUT2D eigenvalue weighted by molar-refractivity contribution is 5.95. The minimum absolute atomic E-state index is 0.114. The number of nitrogens with zero attached hydrogens (tertiary/aromatic N) is 2. The topological polar surface area (TPSA) is 61.9 Å². The summed E-state index contributed by atoms with van der Waals surface area (Å²) in [7, 11) is 1.58. The third-order valence-electron chi connectivity index (χ3n) is 4.83. The Bertz CT molecular complexity index is 818. The Kier molecular flexibility index (Phi) is 6.60. The number of carbonyl (C=O) groups excluding carboxylic acids is 2. The second-order valence-corrected chi connectivity index (χ2v) is 6.60. The molecule has 148 valence electrons. The zero-order valence-corrected chi connectivity index (χ0v) is 15.9. The fraction of sp³-hybridized carbons (Fsp3) is 0.333.